The lowest BCUT2D eigenvalue weighted by Crippen LogP contribution is -2.43. The Morgan fingerprint density at radius 1 is 1.28 bits per heavy atom. The third-order valence-electron chi connectivity index (χ3n) is 5.63. The molecule has 3 aliphatic rings. The second-order valence-electron chi connectivity index (χ2n) is 7.96. The zero-order chi connectivity index (χ0) is 22.8. The van der Waals surface area contributed by atoms with Crippen molar-refractivity contribution in [3.8, 4) is 0 Å². The van der Waals surface area contributed by atoms with Crippen LogP contribution < -0.4 is 20.5 Å². The highest BCUT2D eigenvalue weighted by Crippen LogP contribution is 2.32. The van der Waals surface area contributed by atoms with Crippen LogP contribution in [-0.4, -0.2) is 73.8 Å². The van der Waals surface area contributed by atoms with E-state index in [4.69, 9.17) is 17.0 Å². The number of ether oxygens (including phenoxy) is 1. The Balaban J connectivity index is 1.37. The van der Waals surface area contributed by atoms with Gasteiger partial charge in [0.15, 0.2) is 0 Å². The molecule has 174 valence electrons. The Morgan fingerprint density at radius 3 is 2.75 bits per heavy atom. The van der Waals surface area contributed by atoms with Gasteiger partial charge in [0.1, 0.15) is 11.9 Å². The topological polar surface area (TPSA) is 77.2 Å². The number of hydrazine groups is 1. The SMILES string of the molecule is O=C(NCC1CN(c2ccc(N3CCNN(C(=S)C4CC4)CC3)c(F)c2)C(=O)O1)C(F)F. The Morgan fingerprint density at radius 2 is 2.06 bits per heavy atom. The molecule has 1 atom stereocenters. The summed E-state index contributed by atoms with van der Waals surface area (Å²) >= 11 is 5.51. The van der Waals surface area contributed by atoms with Crippen LogP contribution >= 0.6 is 12.2 Å². The molecule has 2 amide bonds. The van der Waals surface area contributed by atoms with Gasteiger partial charge < -0.3 is 15.0 Å². The van der Waals surface area contributed by atoms with Crippen molar-refractivity contribution < 1.29 is 27.5 Å². The maximum absolute atomic E-state index is 15.0. The first-order valence-corrected chi connectivity index (χ1v) is 10.9. The van der Waals surface area contributed by atoms with Crippen molar-refractivity contribution in [1.29, 1.82) is 0 Å². The predicted molar refractivity (Wildman–Crippen MR) is 115 cm³/mol. The second kappa shape index (κ2) is 9.49. The van der Waals surface area contributed by atoms with Crippen LogP contribution in [0.4, 0.5) is 29.3 Å². The monoisotopic (exact) mass is 471 g/mol. The molecule has 1 aliphatic carbocycles. The van der Waals surface area contributed by atoms with Crippen molar-refractivity contribution >= 4 is 40.6 Å². The number of rotatable bonds is 6. The predicted octanol–water partition coefficient (Wildman–Crippen LogP) is 1.90. The minimum absolute atomic E-state index is 0.0162. The zero-order valence-electron chi connectivity index (χ0n) is 17.2. The van der Waals surface area contributed by atoms with E-state index >= 15 is 0 Å². The Kier molecular flexibility index (Phi) is 6.70. The van der Waals surface area contributed by atoms with Gasteiger partial charge in [-0.3, -0.25) is 14.7 Å². The Labute approximate surface area is 188 Å². The molecule has 0 radical (unpaired) electrons. The highest BCUT2D eigenvalue weighted by Gasteiger charge is 2.34. The zero-order valence-corrected chi connectivity index (χ0v) is 18.0. The van der Waals surface area contributed by atoms with Crippen LogP contribution in [0.2, 0.25) is 0 Å². The van der Waals surface area contributed by atoms with Gasteiger partial charge in [0, 0.05) is 25.6 Å². The largest absolute Gasteiger partial charge is 0.442 e. The number of hydrogen-bond acceptors (Lipinski definition) is 6. The quantitative estimate of drug-likeness (QED) is 0.614. The summed E-state index contributed by atoms with van der Waals surface area (Å²) < 4.78 is 44.6. The summed E-state index contributed by atoms with van der Waals surface area (Å²) in [4.78, 5) is 27.2. The van der Waals surface area contributed by atoms with Crippen LogP contribution in [0.25, 0.3) is 0 Å². The van der Waals surface area contributed by atoms with Gasteiger partial charge in [0.25, 0.3) is 5.91 Å². The molecule has 1 aromatic carbocycles. The molecule has 32 heavy (non-hydrogen) atoms. The fourth-order valence-electron chi connectivity index (χ4n) is 3.76. The van der Waals surface area contributed by atoms with E-state index in [9.17, 15) is 22.8 Å². The molecule has 2 saturated heterocycles. The van der Waals surface area contributed by atoms with Gasteiger partial charge in [-0.2, -0.15) is 8.78 Å². The molecular weight excluding hydrogens is 447 g/mol. The smallest absolute Gasteiger partial charge is 0.414 e. The van der Waals surface area contributed by atoms with E-state index in [1.807, 2.05) is 15.2 Å². The van der Waals surface area contributed by atoms with Crippen molar-refractivity contribution in [2.75, 3.05) is 49.1 Å². The Hall–Kier alpha value is -2.60. The van der Waals surface area contributed by atoms with E-state index in [-0.39, 0.29) is 13.1 Å². The highest BCUT2D eigenvalue weighted by molar-refractivity contribution is 7.80. The number of nitrogens with one attached hydrogen (secondary N) is 2. The minimum Gasteiger partial charge on any atom is -0.442 e. The summed E-state index contributed by atoms with van der Waals surface area (Å²) in [5, 5.41) is 3.99. The van der Waals surface area contributed by atoms with E-state index in [2.05, 4.69) is 5.43 Å². The lowest BCUT2D eigenvalue weighted by molar-refractivity contribution is -0.132. The molecular formula is C20H24F3N5O3S. The van der Waals surface area contributed by atoms with Crippen LogP contribution in [0.15, 0.2) is 18.2 Å². The number of halogens is 3. The van der Waals surface area contributed by atoms with Crippen molar-refractivity contribution in [3.05, 3.63) is 24.0 Å². The number of carbonyl (C=O) groups is 2. The van der Waals surface area contributed by atoms with E-state index < -0.39 is 30.3 Å². The van der Waals surface area contributed by atoms with E-state index in [0.29, 0.717) is 43.5 Å². The third kappa shape index (κ3) is 5.07. The summed E-state index contributed by atoms with van der Waals surface area (Å²) in [7, 11) is 0. The third-order valence-corrected chi connectivity index (χ3v) is 6.18. The van der Waals surface area contributed by atoms with Gasteiger partial charge in [-0.15, -0.1) is 0 Å². The number of carbonyl (C=O) groups excluding carboxylic acids is 2. The van der Waals surface area contributed by atoms with Crippen LogP contribution in [0.5, 0.6) is 0 Å². The molecule has 1 saturated carbocycles. The molecule has 0 bridgehead atoms. The van der Waals surface area contributed by atoms with Crippen LogP contribution in [-0.2, 0) is 9.53 Å². The summed E-state index contributed by atoms with van der Waals surface area (Å²) in [5.41, 5.74) is 4.01. The average molecular weight is 472 g/mol. The number of thiocarbonyl (C=S) groups is 1. The number of hydrogen-bond donors (Lipinski definition) is 2. The molecule has 2 aliphatic heterocycles. The molecule has 2 N–H and O–H groups in total. The lowest BCUT2D eigenvalue weighted by atomic mass is 10.2. The van der Waals surface area contributed by atoms with Gasteiger partial charge in [0.2, 0.25) is 0 Å². The number of amides is 2. The van der Waals surface area contributed by atoms with Crippen LogP contribution in [0, 0.1) is 11.7 Å². The van der Waals surface area contributed by atoms with Crippen LogP contribution in [0.1, 0.15) is 12.8 Å². The molecule has 4 rings (SSSR count). The molecule has 12 heteroatoms. The molecule has 2 heterocycles. The van der Waals surface area contributed by atoms with E-state index in [0.717, 1.165) is 17.8 Å². The van der Waals surface area contributed by atoms with Gasteiger partial charge in [-0.25, -0.2) is 14.6 Å². The maximum atomic E-state index is 15.0. The van der Waals surface area contributed by atoms with Gasteiger partial charge in [-0.1, -0.05) is 12.2 Å². The van der Waals surface area contributed by atoms with E-state index in [1.165, 1.54) is 11.0 Å². The average Bonchev–Trinajstić information content (AvgIpc) is 3.57. The van der Waals surface area contributed by atoms with Gasteiger partial charge in [-0.05, 0) is 31.0 Å². The highest BCUT2D eigenvalue weighted by atomic mass is 32.1. The molecule has 8 nitrogen and oxygen atoms in total. The summed E-state index contributed by atoms with van der Waals surface area (Å²) in [5.74, 6) is -1.45. The number of cyclic esters (lactones) is 1. The molecule has 0 aromatic heterocycles. The molecule has 1 unspecified atom stereocenters. The fourth-order valence-corrected chi connectivity index (χ4v) is 4.15. The summed E-state index contributed by atoms with van der Waals surface area (Å²) in [6, 6.07) is 4.48. The fraction of sp³-hybridized carbons (Fsp3) is 0.550. The van der Waals surface area contributed by atoms with Crippen LogP contribution in [0.3, 0.4) is 0 Å². The first-order chi connectivity index (χ1) is 15.3. The number of nitrogens with zero attached hydrogens (tertiary/aromatic N) is 3. The standard InChI is InChI=1S/C20H24F3N5O3S/c21-15-9-13(27-11-14(31-20(27)30)10-24-18(29)17(22)23)3-4-16(15)26-6-5-25-28(8-7-26)19(32)12-1-2-12/h3-4,9,12,14,17,25H,1-2,5-8,10-11H2,(H,24,29). The number of alkyl halides is 2. The Bertz CT molecular complexity index is 901. The summed E-state index contributed by atoms with van der Waals surface area (Å²) in [6.07, 6.45) is -2.43. The number of anilines is 2. The van der Waals surface area contributed by atoms with Crippen molar-refractivity contribution in [3.63, 3.8) is 0 Å². The van der Waals surface area contributed by atoms with Crippen molar-refractivity contribution in [2.24, 2.45) is 5.92 Å². The first kappa shape index (κ1) is 22.6. The molecule has 1 aromatic rings. The molecule has 3 fully saturated rings. The number of benzene rings is 1. The van der Waals surface area contributed by atoms with Gasteiger partial charge >= 0.3 is 12.5 Å². The van der Waals surface area contributed by atoms with Crippen molar-refractivity contribution in [1.82, 2.24) is 15.8 Å². The maximum Gasteiger partial charge on any atom is 0.414 e. The first-order valence-electron chi connectivity index (χ1n) is 10.5. The molecule has 0 spiro atoms. The van der Waals surface area contributed by atoms with E-state index in [1.54, 1.807) is 12.1 Å². The summed E-state index contributed by atoms with van der Waals surface area (Å²) in [6.45, 7) is 2.22. The minimum atomic E-state index is -3.14. The van der Waals surface area contributed by atoms with Gasteiger partial charge in [0.05, 0.1) is 36.0 Å². The second-order valence-corrected chi connectivity index (χ2v) is 8.38. The normalized spacial score (nSPS) is 21.6. The van der Waals surface area contributed by atoms with Crippen molar-refractivity contribution in [2.45, 2.75) is 25.4 Å². The lowest BCUT2D eigenvalue weighted by Gasteiger charge is -2.25.